The Kier molecular flexibility index (Phi) is 6.99. The molecule has 0 amide bonds. The SMILES string of the molecule is COc1ccc([C@@H](CNS(=O)(=O)c2ccc3c(c2)OCCCO3)N2CCCCC2)cc1. The third kappa shape index (κ3) is 5.31. The van der Waals surface area contributed by atoms with Crippen LogP contribution in [-0.2, 0) is 10.0 Å². The zero-order valence-corrected chi connectivity index (χ0v) is 18.7. The van der Waals surface area contributed by atoms with Gasteiger partial charge < -0.3 is 14.2 Å². The lowest BCUT2D eigenvalue weighted by atomic mass is 10.0. The van der Waals surface area contributed by atoms with Crippen molar-refractivity contribution >= 4 is 10.0 Å². The fourth-order valence-corrected chi connectivity index (χ4v) is 5.15. The molecule has 31 heavy (non-hydrogen) atoms. The Labute approximate surface area is 184 Å². The van der Waals surface area contributed by atoms with Crippen molar-refractivity contribution in [3.8, 4) is 17.2 Å². The number of rotatable bonds is 7. The van der Waals surface area contributed by atoms with E-state index < -0.39 is 10.0 Å². The Bertz CT molecular complexity index is 972. The smallest absolute Gasteiger partial charge is 0.240 e. The second kappa shape index (κ2) is 9.89. The van der Waals surface area contributed by atoms with E-state index in [4.69, 9.17) is 14.2 Å². The summed E-state index contributed by atoms with van der Waals surface area (Å²) in [5.41, 5.74) is 1.07. The highest BCUT2D eigenvalue weighted by Crippen LogP contribution is 2.32. The first-order valence-corrected chi connectivity index (χ1v) is 12.3. The molecule has 0 spiro atoms. The van der Waals surface area contributed by atoms with Gasteiger partial charge in [-0.2, -0.15) is 0 Å². The van der Waals surface area contributed by atoms with Crippen molar-refractivity contribution in [2.45, 2.75) is 36.6 Å². The molecule has 1 N–H and O–H groups in total. The van der Waals surface area contributed by atoms with E-state index in [0.717, 1.165) is 43.7 Å². The predicted octanol–water partition coefficient (Wildman–Crippen LogP) is 3.36. The first kappa shape index (κ1) is 21.9. The number of nitrogens with zero attached hydrogens (tertiary/aromatic N) is 1. The van der Waals surface area contributed by atoms with Crippen molar-refractivity contribution in [1.82, 2.24) is 9.62 Å². The molecule has 0 aliphatic carbocycles. The van der Waals surface area contributed by atoms with Crippen LogP contribution in [0.1, 0.15) is 37.3 Å². The molecule has 0 aromatic heterocycles. The van der Waals surface area contributed by atoms with Gasteiger partial charge in [0.25, 0.3) is 0 Å². The van der Waals surface area contributed by atoms with Crippen molar-refractivity contribution in [1.29, 1.82) is 0 Å². The standard InChI is InChI=1S/C23H30N2O5S/c1-28-19-8-6-18(7-9-19)21(25-12-3-2-4-13-25)17-24-31(26,27)20-10-11-22-23(16-20)30-15-5-14-29-22/h6-11,16,21,24H,2-5,12-15,17H2,1H3/t21-/m1/s1. The number of piperidine rings is 1. The number of nitrogens with one attached hydrogen (secondary N) is 1. The largest absolute Gasteiger partial charge is 0.497 e. The molecule has 7 nitrogen and oxygen atoms in total. The van der Waals surface area contributed by atoms with Gasteiger partial charge in [0, 0.05) is 25.1 Å². The van der Waals surface area contributed by atoms with Gasteiger partial charge in [0.1, 0.15) is 5.75 Å². The summed E-state index contributed by atoms with van der Waals surface area (Å²) in [7, 11) is -2.06. The lowest BCUT2D eigenvalue weighted by Crippen LogP contribution is -2.40. The van der Waals surface area contributed by atoms with E-state index in [1.165, 1.54) is 6.42 Å². The predicted molar refractivity (Wildman–Crippen MR) is 118 cm³/mol. The zero-order chi connectivity index (χ0) is 21.7. The van der Waals surface area contributed by atoms with Crippen LogP contribution in [0.4, 0.5) is 0 Å². The van der Waals surface area contributed by atoms with Crippen LogP contribution in [-0.4, -0.2) is 53.3 Å². The molecular formula is C23H30N2O5S. The van der Waals surface area contributed by atoms with Crippen molar-refractivity contribution in [3.05, 3.63) is 48.0 Å². The minimum atomic E-state index is -3.70. The molecule has 1 atom stereocenters. The van der Waals surface area contributed by atoms with Gasteiger partial charge in [0.2, 0.25) is 10.0 Å². The van der Waals surface area contributed by atoms with Gasteiger partial charge >= 0.3 is 0 Å². The minimum Gasteiger partial charge on any atom is -0.497 e. The van der Waals surface area contributed by atoms with Gasteiger partial charge in [0.15, 0.2) is 11.5 Å². The van der Waals surface area contributed by atoms with Gasteiger partial charge in [-0.15, -0.1) is 0 Å². The zero-order valence-electron chi connectivity index (χ0n) is 17.9. The molecule has 0 radical (unpaired) electrons. The highest BCUT2D eigenvalue weighted by atomic mass is 32.2. The Morgan fingerprint density at radius 3 is 2.39 bits per heavy atom. The number of likely N-dealkylation sites (tertiary alicyclic amines) is 1. The first-order chi connectivity index (χ1) is 15.1. The number of fused-ring (bicyclic) bond motifs is 1. The highest BCUT2D eigenvalue weighted by Gasteiger charge is 2.26. The van der Waals surface area contributed by atoms with Crippen LogP contribution in [0.3, 0.4) is 0 Å². The third-order valence-corrected chi connectivity index (χ3v) is 7.25. The van der Waals surface area contributed by atoms with Crippen molar-refractivity contribution in [3.63, 3.8) is 0 Å². The normalized spacial score (nSPS) is 18.2. The number of hydrogen-bond donors (Lipinski definition) is 1. The Morgan fingerprint density at radius 2 is 1.68 bits per heavy atom. The first-order valence-electron chi connectivity index (χ1n) is 10.8. The summed E-state index contributed by atoms with van der Waals surface area (Å²) in [5.74, 6) is 1.85. The number of ether oxygens (including phenoxy) is 3. The summed E-state index contributed by atoms with van der Waals surface area (Å²) in [5, 5.41) is 0. The van der Waals surface area contributed by atoms with Gasteiger partial charge in [-0.3, -0.25) is 4.90 Å². The van der Waals surface area contributed by atoms with Crippen molar-refractivity contribution in [2.24, 2.45) is 0 Å². The van der Waals surface area contributed by atoms with Crippen LogP contribution in [0.15, 0.2) is 47.4 Å². The molecule has 8 heteroatoms. The Hall–Kier alpha value is -2.29. The fourth-order valence-electron chi connectivity index (χ4n) is 4.10. The van der Waals surface area contributed by atoms with E-state index in [2.05, 4.69) is 9.62 Å². The third-order valence-electron chi connectivity index (χ3n) is 5.83. The minimum absolute atomic E-state index is 0.0404. The number of hydrogen-bond acceptors (Lipinski definition) is 6. The molecule has 1 saturated heterocycles. The average Bonchev–Trinajstić information content (AvgIpc) is 3.05. The number of sulfonamides is 1. The molecule has 2 aliphatic rings. The van der Waals surface area contributed by atoms with E-state index in [1.807, 2.05) is 24.3 Å². The van der Waals surface area contributed by atoms with E-state index in [-0.39, 0.29) is 10.9 Å². The van der Waals surface area contributed by atoms with Gasteiger partial charge in [-0.05, 0) is 55.8 Å². The number of methoxy groups -OCH3 is 1. The second-order valence-corrected chi connectivity index (χ2v) is 9.66. The summed E-state index contributed by atoms with van der Waals surface area (Å²) in [6.07, 6.45) is 4.24. The summed E-state index contributed by atoms with van der Waals surface area (Å²) in [6, 6.07) is 12.6. The van der Waals surface area contributed by atoms with Crippen molar-refractivity contribution in [2.75, 3.05) is 40.0 Å². The maximum Gasteiger partial charge on any atom is 0.240 e. The quantitative estimate of drug-likeness (QED) is 0.703. The molecular weight excluding hydrogens is 416 g/mol. The van der Waals surface area contributed by atoms with Crippen LogP contribution in [0.2, 0.25) is 0 Å². The monoisotopic (exact) mass is 446 g/mol. The molecule has 2 heterocycles. The Morgan fingerprint density at radius 1 is 0.968 bits per heavy atom. The van der Waals surface area contributed by atoms with Crippen LogP contribution in [0.25, 0.3) is 0 Å². The van der Waals surface area contributed by atoms with Gasteiger partial charge in [0.05, 0.1) is 25.2 Å². The van der Waals surface area contributed by atoms with Crippen LogP contribution < -0.4 is 18.9 Å². The van der Waals surface area contributed by atoms with Crippen LogP contribution in [0.5, 0.6) is 17.2 Å². The molecule has 0 saturated carbocycles. The molecule has 4 rings (SSSR count). The molecule has 1 fully saturated rings. The summed E-state index contributed by atoms with van der Waals surface area (Å²) < 4.78 is 45.5. The summed E-state index contributed by atoms with van der Waals surface area (Å²) >= 11 is 0. The molecule has 0 bridgehead atoms. The van der Waals surface area contributed by atoms with Crippen LogP contribution in [0, 0.1) is 0 Å². The van der Waals surface area contributed by atoms with E-state index in [1.54, 1.807) is 25.3 Å². The molecule has 168 valence electrons. The second-order valence-electron chi connectivity index (χ2n) is 7.90. The molecule has 2 aromatic carbocycles. The topological polar surface area (TPSA) is 77.1 Å². The number of benzene rings is 2. The lowest BCUT2D eigenvalue weighted by molar-refractivity contribution is 0.164. The molecule has 2 aromatic rings. The maximum atomic E-state index is 13.1. The van der Waals surface area contributed by atoms with Crippen LogP contribution >= 0.6 is 0 Å². The maximum absolute atomic E-state index is 13.1. The average molecular weight is 447 g/mol. The molecule has 0 unspecified atom stereocenters. The van der Waals surface area contributed by atoms with Gasteiger partial charge in [-0.25, -0.2) is 13.1 Å². The van der Waals surface area contributed by atoms with Crippen molar-refractivity contribution < 1.29 is 22.6 Å². The summed E-state index contributed by atoms with van der Waals surface area (Å²) in [4.78, 5) is 2.55. The Balaban J connectivity index is 1.53. The highest BCUT2D eigenvalue weighted by molar-refractivity contribution is 7.89. The lowest BCUT2D eigenvalue weighted by Gasteiger charge is -2.35. The van der Waals surface area contributed by atoms with Gasteiger partial charge in [-0.1, -0.05) is 18.6 Å². The summed E-state index contributed by atoms with van der Waals surface area (Å²) in [6.45, 7) is 3.29. The fraction of sp³-hybridized carbons (Fsp3) is 0.478. The van der Waals surface area contributed by atoms with E-state index in [0.29, 0.717) is 31.3 Å². The van der Waals surface area contributed by atoms with E-state index >= 15 is 0 Å². The molecule has 2 aliphatic heterocycles. The van der Waals surface area contributed by atoms with E-state index in [9.17, 15) is 8.42 Å².